The molecule has 0 atom stereocenters. The van der Waals surface area contributed by atoms with Gasteiger partial charge in [0.1, 0.15) is 5.75 Å². The highest BCUT2D eigenvalue weighted by atomic mass is 79.9. The Morgan fingerprint density at radius 1 is 1.05 bits per heavy atom. The van der Waals surface area contributed by atoms with E-state index in [1.807, 2.05) is 12.1 Å². The first kappa shape index (κ1) is 13.9. The lowest BCUT2D eigenvalue weighted by molar-refractivity contribution is 0.414. The van der Waals surface area contributed by atoms with Crippen LogP contribution in [0.2, 0.25) is 0 Å². The van der Waals surface area contributed by atoms with Crippen molar-refractivity contribution in [3.05, 3.63) is 59.7 Å². The summed E-state index contributed by atoms with van der Waals surface area (Å²) in [7, 11) is 3.80. The summed E-state index contributed by atoms with van der Waals surface area (Å²) >= 11 is 3.54. The molecule has 0 fully saturated rings. The fraction of sp³-hybridized carbons (Fsp3) is 0.250. The molecule has 3 heteroatoms. The van der Waals surface area contributed by atoms with Gasteiger partial charge in [0, 0.05) is 24.6 Å². The van der Waals surface area contributed by atoms with Gasteiger partial charge in [-0.2, -0.15) is 0 Å². The highest BCUT2D eigenvalue weighted by Crippen LogP contribution is 2.23. The summed E-state index contributed by atoms with van der Waals surface area (Å²) < 4.78 is 5.18. The number of rotatable bonds is 5. The van der Waals surface area contributed by atoms with Gasteiger partial charge < -0.3 is 9.64 Å². The summed E-state index contributed by atoms with van der Waals surface area (Å²) in [5.41, 5.74) is 3.83. The molecule has 0 saturated carbocycles. The molecule has 0 aromatic heterocycles. The van der Waals surface area contributed by atoms with E-state index in [1.165, 1.54) is 16.8 Å². The van der Waals surface area contributed by atoms with Crippen molar-refractivity contribution in [2.45, 2.75) is 11.9 Å². The van der Waals surface area contributed by atoms with E-state index in [0.29, 0.717) is 0 Å². The second-order valence-electron chi connectivity index (χ2n) is 4.47. The van der Waals surface area contributed by atoms with Crippen LogP contribution in [0.15, 0.2) is 48.5 Å². The van der Waals surface area contributed by atoms with Crippen LogP contribution >= 0.6 is 15.9 Å². The molecule has 0 aliphatic rings. The molecule has 2 rings (SSSR count). The third kappa shape index (κ3) is 3.51. The molecule has 0 aliphatic carbocycles. The molecule has 2 aromatic carbocycles. The molecule has 100 valence electrons. The number of hydrogen-bond acceptors (Lipinski definition) is 2. The summed E-state index contributed by atoms with van der Waals surface area (Å²) in [6, 6.07) is 16.7. The predicted molar refractivity (Wildman–Crippen MR) is 84.2 cm³/mol. The Kier molecular flexibility index (Phi) is 4.86. The lowest BCUT2D eigenvalue weighted by Gasteiger charge is -2.22. The van der Waals surface area contributed by atoms with E-state index < -0.39 is 0 Å². The van der Waals surface area contributed by atoms with Crippen LogP contribution < -0.4 is 9.64 Å². The van der Waals surface area contributed by atoms with Crippen LogP contribution in [-0.4, -0.2) is 14.2 Å². The fourth-order valence-corrected chi connectivity index (χ4v) is 2.56. The highest BCUT2D eigenvalue weighted by Gasteiger charge is 2.06. The van der Waals surface area contributed by atoms with E-state index in [1.54, 1.807) is 7.11 Å². The van der Waals surface area contributed by atoms with E-state index in [9.17, 15) is 0 Å². The molecule has 0 radical (unpaired) electrons. The number of nitrogens with zero attached hydrogens (tertiary/aromatic N) is 1. The number of ether oxygens (including phenoxy) is 1. The minimum atomic E-state index is 0.871. The Hall–Kier alpha value is -1.48. The van der Waals surface area contributed by atoms with Gasteiger partial charge in [-0.15, -0.1) is 0 Å². The van der Waals surface area contributed by atoms with E-state index >= 15 is 0 Å². The van der Waals surface area contributed by atoms with E-state index in [-0.39, 0.29) is 0 Å². The van der Waals surface area contributed by atoms with E-state index in [2.05, 4.69) is 64.3 Å². The van der Waals surface area contributed by atoms with Crippen molar-refractivity contribution < 1.29 is 4.74 Å². The fourth-order valence-electron chi connectivity index (χ4n) is 2.09. The van der Waals surface area contributed by atoms with Crippen LogP contribution in [0.1, 0.15) is 11.1 Å². The maximum absolute atomic E-state index is 5.18. The molecule has 0 spiro atoms. The van der Waals surface area contributed by atoms with Gasteiger partial charge in [0.15, 0.2) is 0 Å². The monoisotopic (exact) mass is 319 g/mol. The SMILES string of the molecule is COc1ccc(CN(C)c2ccccc2CBr)cc1. The standard InChI is InChI=1S/C16H18BrNO/c1-18(16-6-4-3-5-14(16)11-17)12-13-7-9-15(19-2)10-8-13/h3-10H,11-12H2,1-2H3. The van der Waals surface area contributed by atoms with Crippen molar-refractivity contribution >= 4 is 21.6 Å². The number of benzene rings is 2. The zero-order valence-electron chi connectivity index (χ0n) is 11.3. The largest absolute Gasteiger partial charge is 0.497 e. The third-order valence-corrected chi connectivity index (χ3v) is 3.73. The Balaban J connectivity index is 2.13. The number of hydrogen-bond donors (Lipinski definition) is 0. The highest BCUT2D eigenvalue weighted by molar-refractivity contribution is 9.08. The first-order chi connectivity index (χ1) is 9.24. The first-order valence-corrected chi connectivity index (χ1v) is 7.34. The van der Waals surface area contributed by atoms with Gasteiger partial charge >= 0.3 is 0 Å². The zero-order chi connectivity index (χ0) is 13.7. The maximum Gasteiger partial charge on any atom is 0.118 e. The average Bonchev–Trinajstić information content (AvgIpc) is 2.48. The average molecular weight is 320 g/mol. The second kappa shape index (κ2) is 6.62. The number of alkyl halides is 1. The van der Waals surface area contributed by atoms with Crippen LogP contribution in [0.3, 0.4) is 0 Å². The van der Waals surface area contributed by atoms with Gasteiger partial charge in [0.2, 0.25) is 0 Å². The smallest absolute Gasteiger partial charge is 0.118 e. The van der Waals surface area contributed by atoms with Gasteiger partial charge in [-0.05, 0) is 29.3 Å². The normalized spacial score (nSPS) is 10.3. The molecule has 2 nitrogen and oxygen atoms in total. The van der Waals surface area contributed by atoms with Gasteiger partial charge in [-0.3, -0.25) is 0 Å². The van der Waals surface area contributed by atoms with Gasteiger partial charge in [-0.25, -0.2) is 0 Å². The predicted octanol–water partition coefficient (Wildman–Crippen LogP) is 4.23. The van der Waals surface area contributed by atoms with Crippen molar-refractivity contribution in [2.24, 2.45) is 0 Å². The molecule has 0 aliphatic heterocycles. The summed E-state index contributed by atoms with van der Waals surface area (Å²) in [6.45, 7) is 0.883. The molecular weight excluding hydrogens is 302 g/mol. The van der Waals surface area contributed by atoms with Gasteiger partial charge in [0.05, 0.1) is 7.11 Å². The zero-order valence-corrected chi connectivity index (χ0v) is 12.9. The lowest BCUT2D eigenvalue weighted by Crippen LogP contribution is -2.17. The summed E-state index contributed by atoms with van der Waals surface area (Å²) in [4.78, 5) is 2.26. The summed E-state index contributed by atoms with van der Waals surface area (Å²) in [5.74, 6) is 0.896. The maximum atomic E-state index is 5.18. The summed E-state index contributed by atoms with van der Waals surface area (Å²) in [6.07, 6.45) is 0. The van der Waals surface area contributed by atoms with Crippen molar-refractivity contribution in [1.82, 2.24) is 0 Å². The quantitative estimate of drug-likeness (QED) is 0.765. The number of methoxy groups -OCH3 is 1. The molecule has 0 N–H and O–H groups in total. The molecule has 2 aromatic rings. The van der Waals surface area contributed by atoms with Crippen molar-refractivity contribution in [1.29, 1.82) is 0 Å². The van der Waals surface area contributed by atoms with Crippen molar-refractivity contribution in [3.63, 3.8) is 0 Å². The number of para-hydroxylation sites is 1. The van der Waals surface area contributed by atoms with Crippen molar-refractivity contribution in [3.8, 4) is 5.75 Å². The van der Waals surface area contributed by atoms with Crippen LogP contribution in [0.5, 0.6) is 5.75 Å². The van der Waals surface area contributed by atoms with Crippen LogP contribution in [0.25, 0.3) is 0 Å². The third-order valence-electron chi connectivity index (χ3n) is 3.13. The molecule has 0 heterocycles. The van der Waals surface area contributed by atoms with Crippen LogP contribution in [0.4, 0.5) is 5.69 Å². The Bertz CT molecular complexity index is 525. The topological polar surface area (TPSA) is 12.5 Å². The minimum Gasteiger partial charge on any atom is -0.497 e. The Morgan fingerprint density at radius 3 is 2.37 bits per heavy atom. The number of halogens is 1. The van der Waals surface area contributed by atoms with E-state index in [4.69, 9.17) is 4.74 Å². The van der Waals surface area contributed by atoms with Crippen LogP contribution in [0, 0.1) is 0 Å². The molecule has 0 bridgehead atoms. The molecule has 19 heavy (non-hydrogen) atoms. The first-order valence-electron chi connectivity index (χ1n) is 6.22. The van der Waals surface area contributed by atoms with Crippen molar-refractivity contribution in [2.75, 3.05) is 19.1 Å². The molecule has 0 amide bonds. The lowest BCUT2D eigenvalue weighted by atomic mass is 10.1. The van der Waals surface area contributed by atoms with Crippen LogP contribution in [-0.2, 0) is 11.9 Å². The second-order valence-corrected chi connectivity index (χ2v) is 5.03. The van der Waals surface area contributed by atoms with Gasteiger partial charge in [-0.1, -0.05) is 46.3 Å². The molecular formula is C16H18BrNO. The summed E-state index contributed by atoms with van der Waals surface area (Å²) in [5, 5.41) is 0.871. The van der Waals surface area contributed by atoms with E-state index in [0.717, 1.165) is 17.6 Å². The van der Waals surface area contributed by atoms with Gasteiger partial charge in [0.25, 0.3) is 0 Å². The minimum absolute atomic E-state index is 0.871. The Morgan fingerprint density at radius 2 is 1.74 bits per heavy atom. The number of anilines is 1. The molecule has 0 saturated heterocycles. The Labute approximate surface area is 123 Å². The molecule has 0 unspecified atom stereocenters.